The lowest BCUT2D eigenvalue weighted by molar-refractivity contribution is 0.443. The van der Waals surface area contributed by atoms with Crippen LogP contribution in [0.3, 0.4) is 0 Å². The zero-order valence-corrected chi connectivity index (χ0v) is 11.1. The largest absolute Gasteiger partial charge is 0.356 e. The summed E-state index contributed by atoms with van der Waals surface area (Å²) in [6.45, 7) is 0.872. The summed E-state index contributed by atoms with van der Waals surface area (Å²) in [7, 11) is -3.38. The standard InChI is InChI=1S/C12H15N3O3S/c13-9-5-6-15(7-9)19(16,17)8-11-10-3-1-2-4-12(10)18-14-11/h1-4,9H,5-8,13H2. The van der Waals surface area contributed by atoms with Crippen LogP contribution in [0.1, 0.15) is 12.1 Å². The lowest BCUT2D eigenvalue weighted by Crippen LogP contribution is -2.32. The first-order valence-corrected chi connectivity index (χ1v) is 7.74. The van der Waals surface area contributed by atoms with Crippen molar-refractivity contribution in [3.8, 4) is 0 Å². The Kier molecular flexibility index (Phi) is 3.04. The Morgan fingerprint density at radius 3 is 2.95 bits per heavy atom. The van der Waals surface area contributed by atoms with Crippen LogP contribution in [0.25, 0.3) is 11.0 Å². The highest BCUT2D eigenvalue weighted by molar-refractivity contribution is 7.88. The predicted octanol–water partition coefficient (Wildman–Crippen LogP) is 0.691. The van der Waals surface area contributed by atoms with Gasteiger partial charge in [0.05, 0.1) is 0 Å². The second-order valence-electron chi connectivity index (χ2n) is 4.79. The van der Waals surface area contributed by atoms with E-state index in [1.54, 1.807) is 6.07 Å². The summed E-state index contributed by atoms with van der Waals surface area (Å²) in [5.74, 6) is -0.142. The molecule has 102 valence electrons. The normalized spacial score (nSPS) is 21.2. The van der Waals surface area contributed by atoms with Crippen molar-refractivity contribution in [3.05, 3.63) is 30.0 Å². The van der Waals surface area contributed by atoms with Crippen molar-refractivity contribution in [3.63, 3.8) is 0 Å². The smallest absolute Gasteiger partial charge is 0.220 e. The van der Waals surface area contributed by atoms with E-state index >= 15 is 0 Å². The fourth-order valence-electron chi connectivity index (χ4n) is 2.31. The maximum absolute atomic E-state index is 12.3. The molecule has 0 radical (unpaired) electrons. The van der Waals surface area contributed by atoms with Crippen molar-refractivity contribution in [2.45, 2.75) is 18.2 Å². The second kappa shape index (κ2) is 4.59. The number of para-hydroxylation sites is 1. The maximum Gasteiger partial charge on any atom is 0.220 e. The Hall–Kier alpha value is -1.44. The monoisotopic (exact) mass is 281 g/mol. The molecule has 3 rings (SSSR count). The van der Waals surface area contributed by atoms with E-state index in [-0.39, 0.29) is 11.8 Å². The number of sulfonamides is 1. The molecule has 0 amide bonds. The molecule has 2 N–H and O–H groups in total. The van der Waals surface area contributed by atoms with E-state index in [0.717, 1.165) is 5.39 Å². The Balaban J connectivity index is 1.88. The van der Waals surface area contributed by atoms with Gasteiger partial charge in [0.25, 0.3) is 0 Å². The molecule has 1 fully saturated rings. The van der Waals surface area contributed by atoms with Crippen molar-refractivity contribution < 1.29 is 12.9 Å². The SMILES string of the molecule is NC1CCN(S(=O)(=O)Cc2noc3ccccc23)C1. The van der Waals surface area contributed by atoms with Crippen molar-refractivity contribution in [1.29, 1.82) is 0 Å². The molecular weight excluding hydrogens is 266 g/mol. The van der Waals surface area contributed by atoms with Crippen LogP contribution in [0.4, 0.5) is 0 Å². The molecule has 0 bridgehead atoms. The van der Waals surface area contributed by atoms with Gasteiger partial charge in [-0.25, -0.2) is 8.42 Å². The zero-order chi connectivity index (χ0) is 13.5. The number of nitrogens with two attached hydrogens (primary N) is 1. The number of hydrogen-bond acceptors (Lipinski definition) is 5. The molecule has 1 unspecified atom stereocenters. The average molecular weight is 281 g/mol. The molecule has 0 aliphatic carbocycles. The summed E-state index contributed by atoms with van der Waals surface area (Å²) in [5, 5.41) is 4.60. The molecule has 1 aromatic carbocycles. The molecule has 1 aliphatic heterocycles. The zero-order valence-electron chi connectivity index (χ0n) is 10.3. The first-order valence-electron chi connectivity index (χ1n) is 6.13. The first-order chi connectivity index (χ1) is 9.06. The first kappa shape index (κ1) is 12.6. The molecule has 0 saturated carbocycles. The van der Waals surface area contributed by atoms with Gasteiger partial charge in [0.1, 0.15) is 11.4 Å². The van der Waals surface area contributed by atoms with Gasteiger partial charge < -0.3 is 10.3 Å². The van der Waals surface area contributed by atoms with E-state index < -0.39 is 10.0 Å². The van der Waals surface area contributed by atoms with Crippen LogP contribution < -0.4 is 5.73 Å². The van der Waals surface area contributed by atoms with Crippen LogP contribution >= 0.6 is 0 Å². The molecule has 19 heavy (non-hydrogen) atoms. The third kappa shape index (κ3) is 2.36. The minimum absolute atomic E-state index is 0.0659. The Morgan fingerprint density at radius 2 is 2.21 bits per heavy atom. The van der Waals surface area contributed by atoms with Crippen LogP contribution in [0.15, 0.2) is 28.8 Å². The van der Waals surface area contributed by atoms with Gasteiger partial charge in [-0.05, 0) is 18.6 Å². The number of fused-ring (bicyclic) bond motifs is 1. The van der Waals surface area contributed by atoms with Gasteiger partial charge in [-0.1, -0.05) is 17.3 Å². The van der Waals surface area contributed by atoms with Crippen LogP contribution in [0.2, 0.25) is 0 Å². The van der Waals surface area contributed by atoms with Gasteiger partial charge in [0.15, 0.2) is 5.58 Å². The number of nitrogens with zero attached hydrogens (tertiary/aromatic N) is 2. The van der Waals surface area contributed by atoms with Crippen molar-refractivity contribution in [1.82, 2.24) is 9.46 Å². The maximum atomic E-state index is 12.3. The van der Waals surface area contributed by atoms with E-state index in [4.69, 9.17) is 10.3 Å². The lowest BCUT2D eigenvalue weighted by Gasteiger charge is -2.14. The Morgan fingerprint density at radius 1 is 1.42 bits per heavy atom. The minimum Gasteiger partial charge on any atom is -0.356 e. The van der Waals surface area contributed by atoms with Crippen molar-refractivity contribution in [2.24, 2.45) is 5.73 Å². The van der Waals surface area contributed by atoms with Crippen LogP contribution in [0.5, 0.6) is 0 Å². The summed E-state index contributed by atoms with van der Waals surface area (Å²) in [6, 6.07) is 7.17. The third-order valence-corrected chi connectivity index (χ3v) is 5.11. The number of benzene rings is 1. The quantitative estimate of drug-likeness (QED) is 0.894. The summed E-state index contributed by atoms with van der Waals surface area (Å²) in [6.07, 6.45) is 0.707. The Bertz CT molecular complexity index is 695. The minimum atomic E-state index is -3.38. The molecular formula is C12H15N3O3S. The molecule has 0 spiro atoms. The molecule has 7 heteroatoms. The molecule has 6 nitrogen and oxygen atoms in total. The van der Waals surface area contributed by atoms with Gasteiger partial charge >= 0.3 is 0 Å². The van der Waals surface area contributed by atoms with E-state index in [0.29, 0.717) is 30.8 Å². The molecule has 1 atom stereocenters. The summed E-state index contributed by atoms with van der Waals surface area (Å²) >= 11 is 0. The van der Waals surface area contributed by atoms with Crippen molar-refractivity contribution in [2.75, 3.05) is 13.1 Å². The summed E-state index contributed by atoms with van der Waals surface area (Å²) in [4.78, 5) is 0. The number of aromatic nitrogens is 1. The van der Waals surface area contributed by atoms with Gasteiger partial charge in [-0.3, -0.25) is 0 Å². The van der Waals surface area contributed by atoms with Crippen LogP contribution in [-0.4, -0.2) is 37.0 Å². The molecule has 2 heterocycles. The van der Waals surface area contributed by atoms with Gasteiger partial charge in [0.2, 0.25) is 10.0 Å². The molecule has 1 saturated heterocycles. The fourth-order valence-corrected chi connectivity index (χ4v) is 3.85. The van der Waals surface area contributed by atoms with E-state index in [9.17, 15) is 8.42 Å². The second-order valence-corrected chi connectivity index (χ2v) is 6.76. The average Bonchev–Trinajstić information content (AvgIpc) is 2.97. The van der Waals surface area contributed by atoms with Crippen molar-refractivity contribution >= 4 is 21.0 Å². The topological polar surface area (TPSA) is 89.4 Å². The lowest BCUT2D eigenvalue weighted by atomic mass is 10.2. The Labute approximate surface area is 111 Å². The third-order valence-electron chi connectivity index (χ3n) is 3.35. The summed E-state index contributed by atoms with van der Waals surface area (Å²) < 4.78 is 31.1. The van der Waals surface area contributed by atoms with Gasteiger partial charge in [0, 0.05) is 24.5 Å². The molecule has 1 aliphatic rings. The number of hydrogen-bond donors (Lipinski definition) is 1. The van der Waals surface area contributed by atoms with Gasteiger partial charge in [-0.15, -0.1) is 0 Å². The molecule has 1 aromatic heterocycles. The van der Waals surface area contributed by atoms with Crippen LogP contribution in [-0.2, 0) is 15.8 Å². The van der Waals surface area contributed by atoms with Gasteiger partial charge in [-0.2, -0.15) is 4.31 Å². The summed E-state index contributed by atoms with van der Waals surface area (Å²) in [5.41, 5.74) is 6.80. The van der Waals surface area contributed by atoms with E-state index in [1.165, 1.54) is 4.31 Å². The van der Waals surface area contributed by atoms with Crippen LogP contribution in [0, 0.1) is 0 Å². The predicted molar refractivity (Wildman–Crippen MR) is 70.8 cm³/mol. The van der Waals surface area contributed by atoms with E-state index in [2.05, 4.69) is 5.16 Å². The fraction of sp³-hybridized carbons (Fsp3) is 0.417. The molecule has 2 aromatic rings. The highest BCUT2D eigenvalue weighted by Crippen LogP contribution is 2.22. The highest BCUT2D eigenvalue weighted by Gasteiger charge is 2.30. The van der Waals surface area contributed by atoms with E-state index in [1.807, 2.05) is 18.2 Å². The highest BCUT2D eigenvalue weighted by atomic mass is 32.2. The number of rotatable bonds is 3.